The van der Waals surface area contributed by atoms with Crippen LogP contribution in [-0.4, -0.2) is 21.6 Å². The van der Waals surface area contributed by atoms with Crippen LogP contribution in [0.4, 0.5) is 10.2 Å². The van der Waals surface area contributed by atoms with Crippen molar-refractivity contribution in [1.82, 2.24) is 4.98 Å². The van der Waals surface area contributed by atoms with Crippen LogP contribution in [0, 0.1) is 0 Å². The largest absolute Gasteiger partial charge is 0.478 e. The lowest BCUT2D eigenvalue weighted by Crippen LogP contribution is -2.09. The summed E-state index contributed by atoms with van der Waals surface area (Å²) in [4.78, 5) is 14.3. The van der Waals surface area contributed by atoms with Crippen LogP contribution in [0.2, 0.25) is 0 Å². The molecule has 1 heterocycles. The third kappa shape index (κ3) is 2.90. The number of thioether (sulfide) groups is 1. The SMILES string of the molecule is Nc1ccc(SC(F)C(=O)O)cn1. The number of carboxylic acid groups (broad SMARTS) is 1. The van der Waals surface area contributed by atoms with Gasteiger partial charge >= 0.3 is 5.97 Å². The van der Waals surface area contributed by atoms with E-state index in [1.54, 1.807) is 0 Å². The summed E-state index contributed by atoms with van der Waals surface area (Å²) in [6.45, 7) is 0. The maximum atomic E-state index is 12.6. The summed E-state index contributed by atoms with van der Waals surface area (Å²) in [6, 6.07) is 3.00. The van der Waals surface area contributed by atoms with E-state index in [4.69, 9.17) is 10.8 Å². The molecule has 0 saturated carbocycles. The molecule has 0 aromatic carbocycles. The van der Waals surface area contributed by atoms with Gasteiger partial charge in [0.2, 0.25) is 5.50 Å². The first-order chi connectivity index (χ1) is 6.09. The van der Waals surface area contributed by atoms with Gasteiger partial charge in [-0.15, -0.1) is 0 Å². The van der Waals surface area contributed by atoms with E-state index in [0.717, 1.165) is 0 Å². The molecule has 0 amide bonds. The Hall–Kier alpha value is -1.30. The highest BCUT2D eigenvalue weighted by Crippen LogP contribution is 2.23. The minimum Gasteiger partial charge on any atom is -0.478 e. The van der Waals surface area contributed by atoms with Gasteiger partial charge in [0, 0.05) is 11.1 Å². The maximum Gasteiger partial charge on any atom is 0.349 e. The molecule has 1 atom stereocenters. The number of hydrogen-bond donors (Lipinski definition) is 2. The van der Waals surface area contributed by atoms with Crippen molar-refractivity contribution < 1.29 is 14.3 Å². The first kappa shape index (κ1) is 9.79. The average molecular weight is 202 g/mol. The second-order valence-corrected chi connectivity index (χ2v) is 3.31. The van der Waals surface area contributed by atoms with Crippen molar-refractivity contribution in [2.75, 3.05) is 5.73 Å². The standard InChI is InChI=1S/C7H7FN2O2S/c8-6(7(11)12)13-4-1-2-5(9)10-3-4/h1-3,6H,(H2,9,10)(H,11,12). The van der Waals surface area contributed by atoms with E-state index in [1.807, 2.05) is 0 Å². The Balaban J connectivity index is 2.64. The summed E-state index contributed by atoms with van der Waals surface area (Å²) >= 11 is 0.576. The number of aromatic nitrogens is 1. The first-order valence-electron chi connectivity index (χ1n) is 3.34. The van der Waals surface area contributed by atoms with Crippen molar-refractivity contribution in [1.29, 1.82) is 0 Å². The summed E-state index contributed by atoms with van der Waals surface area (Å²) in [5.41, 5.74) is 3.32. The van der Waals surface area contributed by atoms with Crippen LogP contribution in [0.5, 0.6) is 0 Å². The number of pyridine rings is 1. The predicted octanol–water partition coefficient (Wildman–Crippen LogP) is 1.14. The van der Waals surface area contributed by atoms with Gasteiger partial charge in [0.25, 0.3) is 0 Å². The summed E-state index contributed by atoms with van der Waals surface area (Å²) in [5, 5.41) is 8.26. The Morgan fingerprint density at radius 1 is 1.69 bits per heavy atom. The van der Waals surface area contributed by atoms with Gasteiger partial charge in [-0.05, 0) is 12.1 Å². The molecule has 0 saturated heterocycles. The van der Waals surface area contributed by atoms with Gasteiger partial charge in [0.1, 0.15) is 5.82 Å². The number of nitrogens with two attached hydrogens (primary N) is 1. The first-order valence-corrected chi connectivity index (χ1v) is 4.22. The molecule has 13 heavy (non-hydrogen) atoms. The van der Waals surface area contributed by atoms with Gasteiger partial charge in [-0.1, -0.05) is 11.8 Å². The Morgan fingerprint density at radius 3 is 2.85 bits per heavy atom. The molecule has 0 aliphatic rings. The minimum atomic E-state index is -1.97. The second-order valence-electron chi connectivity index (χ2n) is 2.19. The molecule has 1 unspecified atom stereocenters. The van der Waals surface area contributed by atoms with Crippen molar-refractivity contribution in [3.05, 3.63) is 18.3 Å². The molecule has 1 rings (SSSR count). The van der Waals surface area contributed by atoms with E-state index < -0.39 is 11.5 Å². The van der Waals surface area contributed by atoms with Gasteiger partial charge in [0.05, 0.1) is 0 Å². The Bertz CT molecular complexity index is 304. The molecule has 0 aliphatic heterocycles. The number of anilines is 1. The fourth-order valence-electron chi connectivity index (χ4n) is 0.631. The van der Waals surface area contributed by atoms with Gasteiger partial charge in [-0.3, -0.25) is 0 Å². The number of carbonyl (C=O) groups is 1. The van der Waals surface area contributed by atoms with E-state index in [-0.39, 0.29) is 0 Å². The highest BCUT2D eigenvalue weighted by Gasteiger charge is 2.16. The number of nitrogens with zero attached hydrogens (tertiary/aromatic N) is 1. The number of hydrogen-bond acceptors (Lipinski definition) is 4. The number of aliphatic carboxylic acids is 1. The summed E-state index contributed by atoms with van der Waals surface area (Å²) < 4.78 is 12.6. The quantitative estimate of drug-likeness (QED) is 0.718. The van der Waals surface area contributed by atoms with Crippen LogP contribution < -0.4 is 5.73 Å². The molecule has 0 bridgehead atoms. The van der Waals surface area contributed by atoms with Gasteiger partial charge < -0.3 is 10.8 Å². The van der Waals surface area contributed by atoms with Crippen molar-refractivity contribution in [3.63, 3.8) is 0 Å². The lowest BCUT2D eigenvalue weighted by Gasteiger charge is -2.01. The second kappa shape index (κ2) is 4.08. The third-order valence-electron chi connectivity index (χ3n) is 1.19. The van der Waals surface area contributed by atoms with Crippen molar-refractivity contribution >= 4 is 23.5 Å². The third-order valence-corrected chi connectivity index (χ3v) is 2.12. The smallest absolute Gasteiger partial charge is 0.349 e. The molecule has 0 radical (unpaired) electrons. The maximum absolute atomic E-state index is 12.6. The Morgan fingerprint density at radius 2 is 2.38 bits per heavy atom. The molecule has 70 valence electrons. The zero-order valence-electron chi connectivity index (χ0n) is 6.48. The highest BCUT2D eigenvalue weighted by atomic mass is 32.2. The lowest BCUT2D eigenvalue weighted by atomic mass is 10.5. The van der Waals surface area contributed by atoms with Crippen LogP contribution >= 0.6 is 11.8 Å². The summed E-state index contributed by atoms with van der Waals surface area (Å²) in [5.74, 6) is -1.18. The van der Waals surface area contributed by atoms with Crippen molar-refractivity contribution in [2.24, 2.45) is 0 Å². The van der Waals surface area contributed by atoms with Crippen LogP contribution in [0.25, 0.3) is 0 Å². The van der Waals surface area contributed by atoms with Crippen LogP contribution in [0.1, 0.15) is 0 Å². The number of alkyl halides is 1. The number of nitrogen functional groups attached to an aromatic ring is 1. The molecule has 0 spiro atoms. The molecule has 0 fully saturated rings. The van der Waals surface area contributed by atoms with Crippen LogP contribution in [0.15, 0.2) is 23.2 Å². The van der Waals surface area contributed by atoms with Gasteiger partial charge in [0.15, 0.2) is 0 Å². The Kier molecular flexibility index (Phi) is 3.07. The predicted molar refractivity (Wildman–Crippen MR) is 47.0 cm³/mol. The monoisotopic (exact) mass is 202 g/mol. The normalized spacial score (nSPS) is 12.4. The van der Waals surface area contributed by atoms with E-state index >= 15 is 0 Å². The molecule has 0 aliphatic carbocycles. The summed E-state index contributed by atoms with van der Waals surface area (Å²) in [6.07, 6.45) is 1.33. The van der Waals surface area contributed by atoms with Crippen molar-refractivity contribution in [2.45, 2.75) is 10.4 Å². The summed E-state index contributed by atoms with van der Waals surface area (Å²) in [7, 11) is 0. The fraction of sp³-hybridized carbons (Fsp3) is 0.143. The lowest BCUT2D eigenvalue weighted by molar-refractivity contribution is -0.139. The molecule has 4 nitrogen and oxygen atoms in total. The van der Waals surface area contributed by atoms with Gasteiger partial charge in [-0.25, -0.2) is 14.2 Å². The topological polar surface area (TPSA) is 76.2 Å². The van der Waals surface area contributed by atoms with E-state index in [1.165, 1.54) is 18.3 Å². The Labute approximate surface area is 78.0 Å². The minimum absolute atomic E-state index is 0.315. The number of halogens is 1. The zero-order chi connectivity index (χ0) is 9.84. The zero-order valence-corrected chi connectivity index (χ0v) is 7.29. The molecular weight excluding hydrogens is 195 g/mol. The average Bonchev–Trinajstić information content (AvgIpc) is 2.08. The van der Waals surface area contributed by atoms with Crippen LogP contribution in [0.3, 0.4) is 0 Å². The number of rotatable bonds is 3. The fourth-order valence-corrected chi connectivity index (χ4v) is 1.23. The van der Waals surface area contributed by atoms with E-state index in [2.05, 4.69) is 4.98 Å². The number of carboxylic acids is 1. The van der Waals surface area contributed by atoms with E-state index in [9.17, 15) is 9.18 Å². The van der Waals surface area contributed by atoms with Crippen LogP contribution in [-0.2, 0) is 4.79 Å². The van der Waals surface area contributed by atoms with Crippen molar-refractivity contribution in [3.8, 4) is 0 Å². The highest BCUT2D eigenvalue weighted by molar-refractivity contribution is 8.00. The molecular formula is C7H7FN2O2S. The molecule has 3 N–H and O–H groups in total. The van der Waals surface area contributed by atoms with E-state index in [0.29, 0.717) is 22.5 Å². The molecule has 6 heteroatoms. The molecule has 1 aromatic rings. The molecule has 1 aromatic heterocycles. The van der Waals surface area contributed by atoms with Gasteiger partial charge in [-0.2, -0.15) is 0 Å².